The Morgan fingerprint density at radius 2 is 1.74 bits per heavy atom. The normalized spacial score (nSPS) is 10.7. The summed E-state index contributed by atoms with van der Waals surface area (Å²) in [5, 5.41) is 4.69. The van der Waals surface area contributed by atoms with E-state index in [1.165, 1.54) is 6.07 Å². The molecule has 0 atom stereocenters. The topological polar surface area (TPSA) is 50.7 Å². The minimum absolute atomic E-state index is 0.273. The lowest BCUT2D eigenvalue weighted by Crippen LogP contribution is -2.18. The molecule has 0 aliphatic rings. The fourth-order valence-electron chi connectivity index (χ4n) is 2.29. The highest BCUT2D eigenvalue weighted by atomic mass is 35.5. The summed E-state index contributed by atoms with van der Waals surface area (Å²) in [4.78, 5) is 12.1. The Hall–Kier alpha value is -2.82. The molecule has 0 bridgehead atoms. The fourth-order valence-corrected chi connectivity index (χ4v) is 2.78. The molecule has 136 valence electrons. The molecule has 0 unspecified atom stereocenters. The van der Waals surface area contributed by atoms with Crippen molar-refractivity contribution in [2.75, 3.05) is 0 Å². The third-order valence-electron chi connectivity index (χ3n) is 3.68. The highest BCUT2D eigenvalue weighted by Gasteiger charge is 2.09. The molecule has 0 saturated carbocycles. The van der Waals surface area contributed by atoms with Crippen LogP contribution in [-0.4, -0.2) is 12.1 Å². The summed E-state index contributed by atoms with van der Waals surface area (Å²) in [6.45, 7) is 0.506. The molecule has 0 heterocycles. The van der Waals surface area contributed by atoms with Gasteiger partial charge >= 0.3 is 0 Å². The van der Waals surface area contributed by atoms with E-state index < -0.39 is 5.91 Å². The van der Waals surface area contributed by atoms with Crippen LogP contribution in [0.1, 0.15) is 21.5 Å². The van der Waals surface area contributed by atoms with E-state index in [2.05, 4.69) is 10.5 Å². The predicted octanol–water partition coefficient (Wildman–Crippen LogP) is 5.34. The Kier molecular flexibility index (Phi) is 6.47. The van der Waals surface area contributed by atoms with Gasteiger partial charge in [0.2, 0.25) is 0 Å². The SMILES string of the molecule is O=C(N/N=C\c1ccc(OCc2ccccc2)cc1)c1ccc(Cl)cc1Cl. The summed E-state index contributed by atoms with van der Waals surface area (Å²) < 4.78 is 5.73. The van der Waals surface area contributed by atoms with E-state index in [0.717, 1.165) is 16.9 Å². The molecule has 0 aliphatic carbocycles. The zero-order valence-electron chi connectivity index (χ0n) is 14.2. The van der Waals surface area contributed by atoms with Crippen LogP contribution >= 0.6 is 23.2 Å². The Balaban J connectivity index is 1.53. The van der Waals surface area contributed by atoms with E-state index >= 15 is 0 Å². The van der Waals surface area contributed by atoms with E-state index in [0.29, 0.717) is 17.2 Å². The van der Waals surface area contributed by atoms with Gasteiger partial charge in [-0.1, -0.05) is 53.5 Å². The summed E-state index contributed by atoms with van der Waals surface area (Å²) in [5.41, 5.74) is 4.68. The summed E-state index contributed by atoms with van der Waals surface area (Å²) in [6.07, 6.45) is 1.54. The van der Waals surface area contributed by atoms with Gasteiger partial charge in [0.15, 0.2) is 0 Å². The highest BCUT2D eigenvalue weighted by molar-refractivity contribution is 6.36. The molecule has 0 fully saturated rings. The number of rotatable bonds is 6. The van der Waals surface area contributed by atoms with Crippen molar-refractivity contribution in [1.82, 2.24) is 5.43 Å². The quantitative estimate of drug-likeness (QED) is 0.450. The van der Waals surface area contributed by atoms with Crippen molar-refractivity contribution in [2.24, 2.45) is 5.10 Å². The maximum Gasteiger partial charge on any atom is 0.272 e. The number of hydrogen-bond acceptors (Lipinski definition) is 3. The van der Waals surface area contributed by atoms with Crippen LogP contribution in [0.25, 0.3) is 0 Å². The molecular weight excluding hydrogens is 383 g/mol. The maximum atomic E-state index is 12.1. The molecule has 3 rings (SSSR count). The summed E-state index contributed by atoms with van der Waals surface area (Å²) in [7, 11) is 0. The van der Waals surface area contributed by atoms with Gasteiger partial charge in [0.25, 0.3) is 5.91 Å². The Morgan fingerprint density at radius 1 is 1.00 bits per heavy atom. The Morgan fingerprint density at radius 3 is 2.44 bits per heavy atom. The number of ether oxygens (including phenoxy) is 1. The lowest BCUT2D eigenvalue weighted by molar-refractivity contribution is 0.0955. The molecule has 6 heteroatoms. The third kappa shape index (κ3) is 5.58. The molecule has 4 nitrogen and oxygen atoms in total. The average Bonchev–Trinajstić information content (AvgIpc) is 2.68. The molecule has 3 aromatic rings. The molecule has 0 spiro atoms. The maximum absolute atomic E-state index is 12.1. The molecule has 27 heavy (non-hydrogen) atoms. The van der Waals surface area contributed by atoms with Crippen molar-refractivity contribution >= 4 is 35.3 Å². The zero-order chi connectivity index (χ0) is 19.1. The van der Waals surface area contributed by atoms with Crippen LogP contribution in [0, 0.1) is 0 Å². The van der Waals surface area contributed by atoms with Crippen molar-refractivity contribution in [1.29, 1.82) is 0 Å². The molecule has 1 amide bonds. The standard InChI is InChI=1S/C21H16Cl2N2O2/c22-17-8-11-19(20(23)12-17)21(26)25-24-13-15-6-9-18(10-7-15)27-14-16-4-2-1-3-5-16/h1-13H,14H2,(H,25,26)/b24-13-. The minimum Gasteiger partial charge on any atom is -0.489 e. The van der Waals surface area contributed by atoms with Gasteiger partial charge < -0.3 is 4.74 Å². The van der Waals surface area contributed by atoms with Crippen LogP contribution in [0.3, 0.4) is 0 Å². The Bertz CT molecular complexity index is 942. The van der Waals surface area contributed by atoms with Crippen LogP contribution in [0.2, 0.25) is 10.0 Å². The fraction of sp³-hybridized carbons (Fsp3) is 0.0476. The van der Waals surface area contributed by atoms with E-state index in [1.807, 2.05) is 54.6 Å². The second kappa shape index (κ2) is 9.21. The molecule has 0 saturated heterocycles. The molecule has 0 aliphatic heterocycles. The van der Waals surface area contributed by atoms with Crippen LogP contribution in [0.4, 0.5) is 0 Å². The van der Waals surface area contributed by atoms with Crippen molar-refractivity contribution in [3.05, 3.63) is 99.5 Å². The van der Waals surface area contributed by atoms with Crippen LogP contribution < -0.4 is 10.2 Å². The van der Waals surface area contributed by atoms with Gasteiger partial charge in [-0.05, 0) is 53.6 Å². The number of amides is 1. The molecule has 1 N–H and O–H groups in total. The number of nitrogens with one attached hydrogen (secondary N) is 1. The highest BCUT2D eigenvalue weighted by Crippen LogP contribution is 2.20. The number of benzene rings is 3. The van der Waals surface area contributed by atoms with Gasteiger partial charge in [0.05, 0.1) is 16.8 Å². The first-order valence-corrected chi connectivity index (χ1v) is 8.92. The largest absolute Gasteiger partial charge is 0.489 e. The van der Waals surface area contributed by atoms with Crippen LogP contribution in [-0.2, 0) is 6.61 Å². The van der Waals surface area contributed by atoms with Crippen LogP contribution in [0.5, 0.6) is 5.75 Å². The monoisotopic (exact) mass is 398 g/mol. The number of carbonyl (C=O) groups excluding carboxylic acids is 1. The first-order chi connectivity index (χ1) is 13.1. The number of halogens is 2. The van der Waals surface area contributed by atoms with Gasteiger partial charge in [0.1, 0.15) is 12.4 Å². The summed E-state index contributed by atoms with van der Waals surface area (Å²) in [6, 6.07) is 22.0. The van der Waals surface area contributed by atoms with Gasteiger partial charge in [0, 0.05) is 5.02 Å². The van der Waals surface area contributed by atoms with Crippen molar-refractivity contribution in [2.45, 2.75) is 6.61 Å². The van der Waals surface area contributed by atoms with E-state index in [9.17, 15) is 4.79 Å². The van der Waals surface area contributed by atoms with Gasteiger partial charge in [-0.3, -0.25) is 4.79 Å². The van der Waals surface area contributed by atoms with Crippen molar-refractivity contribution < 1.29 is 9.53 Å². The second-order valence-electron chi connectivity index (χ2n) is 5.67. The average molecular weight is 399 g/mol. The number of hydrogen-bond donors (Lipinski definition) is 1. The molecule has 0 radical (unpaired) electrons. The first kappa shape index (κ1) is 19.0. The van der Waals surface area contributed by atoms with E-state index in [-0.39, 0.29) is 5.02 Å². The van der Waals surface area contributed by atoms with Gasteiger partial charge in [-0.25, -0.2) is 5.43 Å². The summed E-state index contributed by atoms with van der Waals surface area (Å²) in [5.74, 6) is 0.351. The molecule has 3 aromatic carbocycles. The molecule has 0 aromatic heterocycles. The zero-order valence-corrected chi connectivity index (χ0v) is 15.7. The minimum atomic E-state index is -0.407. The number of carbonyl (C=O) groups is 1. The number of nitrogens with zero attached hydrogens (tertiary/aromatic N) is 1. The van der Waals surface area contributed by atoms with Gasteiger partial charge in [-0.15, -0.1) is 0 Å². The van der Waals surface area contributed by atoms with Crippen LogP contribution in [0.15, 0.2) is 77.9 Å². The van der Waals surface area contributed by atoms with E-state index in [4.69, 9.17) is 27.9 Å². The third-order valence-corrected chi connectivity index (χ3v) is 4.23. The predicted molar refractivity (Wildman–Crippen MR) is 109 cm³/mol. The van der Waals surface area contributed by atoms with Crippen molar-refractivity contribution in [3.8, 4) is 5.75 Å². The Labute approximate surface area is 167 Å². The first-order valence-electron chi connectivity index (χ1n) is 8.17. The second-order valence-corrected chi connectivity index (χ2v) is 6.51. The van der Waals surface area contributed by atoms with Crippen molar-refractivity contribution in [3.63, 3.8) is 0 Å². The molecular formula is C21H16Cl2N2O2. The number of hydrazone groups is 1. The lowest BCUT2D eigenvalue weighted by atomic mass is 10.2. The summed E-state index contributed by atoms with van der Waals surface area (Å²) >= 11 is 11.8. The van der Waals surface area contributed by atoms with E-state index in [1.54, 1.807) is 18.3 Å². The smallest absolute Gasteiger partial charge is 0.272 e. The lowest BCUT2D eigenvalue weighted by Gasteiger charge is -2.06. The van der Waals surface area contributed by atoms with Gasteiger partial charge in [-0.2, -0.15) is 5.10 Å².